The van der Waals surface area contributed by atoms with Crippen molar-refractivity contribution in [2.45, 2.75) is 152 Å². The summed E-state index contributed by atoms with van der Waals surface area (Å²) in [6.07, 6.45) is 15.2. The maximum Gasteiger partial charge on any atom is 0.326 e. The predicted molar refractivity (Wildman–Crippen MR) is 498 cm³/mol. The minimum atomic E-state index is -1.03. The first-order valence-corrected chi connectivity index (χ1v) is 42.4. The number of aromatic hydroxyl groups is 1. The van der Waals surface area contributed by atoms with Crippen LogP contribution in [-0.4, -0.2) is 155 Å². The van der Waals surface area contributed by atoms with Crippen LogP contribution < -0.4 is 24.3 Å². The molecule has 1 unspecified atom stereocenters. The number of phenols is 1. The van der Waals surface area contributed by atoms with E-state index >= 15 is 0 Å². The van der Waals surface area contributed by atoms with Crippen LogP contribution in [0.1, 0.15) is 146 Å². The number of benzene rings is 7. The summed E-state index contributed by atoms with van der Waals surface area (Å²) in [7, 11) is 6.45. The molecule has 3 N–H and O–H groups in total. The third-order valence-corrected chi connectivity index (χ3v) is 22.2. The van der Waals surface area contributed by atoms with E-state index in [-0.39, 0.29) is 98.0 Å². The number of aryl methyl sites for hydroxylation is 2. The van der Waals surface area contributed by atoms with E-state index in [1.54, 1.807) is 143 Å². The number of phenolic OH excluding ortho intramolecular Hbond substituents is 1. The molecule has 25 nitrogen and oxygen atoms in total. The minimum absolute atomic E-state index is 0. The predicted octanol–water partition coefficient (Wildman–Crippen LogP) is 20.1. The average Bonchev–Trinajstić information content (AvgIpc) is 1.63. The topological polar surface area (TPSA) is 323 Å². The van der Waals surface area contributed by atoms with Gasteiger partial charge in [0, 0.05) is 164 Å². The number of carbonyl (C=O) groups is 8. The van der Waals surface area contributed by atoms with Crippen molar-refractivity contribution in [2.75, 3.05) is 35.0 Å². The fraction of sp³-hybridized carbons (Fsp3) is 0.295. The number of rotatable bonds is 20. The Kier molecular flexibility index (Phi) is 33.7. The number of nitrogens with one attached hydrogen (secondary N) is 1. The number of hydrogen-bond donors (Lipinski definition) is 3. The van der Waals surface area contributed by atoms with Crippen molar-refractivity contribution in [3.05, 3.63) is 233 Å². The Hall–Kier alpha value is -11.7. The number of fused-ring (bicyclic) bond motifs is 5. The van der Waals surface area contributed by atoms with Gasteiger partial charge in [0.2, 0.25) is 0 Å². The molecule has 32 heteroatoms. The molecule has 666 valence electrons. The number of halogens is 7. The summed E-state index contributed by atoms with van der Waals surface area (Å²) in [6, 6.07) is 29.8. The van der Waals surface area contributed by atoms with E-state index in [2.05, 4.69) is 78.0 Å². The fourth-order valence-electron chi connectivity index (χ4n) is 14.1. The highest BCUT2D eigenvalue weighted by molar-refractivity contribution is 9.11. The standard InChI is InChI=1S/C22H25N3O4.C18H16ClF2NO.C17H20BrNO4.C17H15N3O4.C12H11BrO2.C9H8BrNO.ClH/c1-13(26)18-11-25(12-21(27)29-22(3,4)5)19-8-20(28-6)16(7-17(18)19)15-9-23-14(2)24-10-15;19-15-7-2-1-5-13(15)14-6-3-4-11(18(14)21)8-17(23)16-9-12(20)10-22-16;1-10(20)12-8-19(9-16(21)23-17(2,3)4)14-7-15(22-5)13(18)6-11(12)14;1-9(21)14-7-20(8-17(23)24)15-4-16(22)12(3-13(14)15)11-5-18-10(2)19-6-11;1-7(14)9-4-3-8-5-12(15-2)11(13)6-10(8)9;1-12-9-3-7-5-11-4-6(7)2-8(9)10;/h7-11H,12H2,1-6H3;1-7,12,16,22H,8-10H2;6-8H,9H2,1-5H3;3-7,22H,8H2,1-2H3,(H,23,24);4-6H,3H2,1-2H3;2-4H,5H2,1H3;1H/t;12-,16?;;;;;/m.1...../s1. The zero-order chi connectivity index (χ0) is 92.1. The van der Waals surface area contributed by atoms with E-state index in [0.29, 0.717) is 83.6 Å². The summed E-state index contributed by atoms with van der Waals surface area (Å²) >= 11 is 16.4. The number of Topliss-reactive ketones (excluding diaryl/α,β-unsaturated/α-hetero) is 5. The SMILES string of the molecule is CC(=O)c1cn(CC(=O)O)c2cc(O)c(-c3cnc(C)nc3)cc12.COc1cc2c(cc1-c1cnc(C)nc1)c(C(C)=O)cn2CC(=O)OC(C)(C)C.COc1cc2c(cc1Br)C(C(C)=O)=CC2.COc1cc2c(cc1Br)C=NC2.COc1cc2c(cc1Br)c(C(C)=O)cn2CC(=O)OC(C)(C)C.Cl.O=C(Cc1cccc(-c2ccccc2Cl)c1F)C1C[C@@H](F)CN1. The lowest BCUT2D eigenvalue weighted by Crippen LogP contribution is -2.32. The Balaban J connectivity index is 0.000000175. The van der Waals surface area contributed by atoms with Crippen molar-refractivity contribution in [3.8, 4) is 62.1 Å². The van der Waals surface area contributed by atoms with Crippen LogP contribution in [0, 0.1) is 19.7 Å². The van der Waals surface area contributed by atoms with Gasteiger partial charge < -0.3 is 57.7 Å². The van der Waals surface area contributed by atoms with E-state index in [1.165, 1.54) is 48.7 Å². The molecular formula is C95H96Br3Cl2F2N9O16. The number of methoxy groups -OCH3 is 4. The Bertz CT molecular complexity index is 6260. The number of nitrogens with zero attached hydrogens (tertiary/aromatic N) is 8. The lowest BCUT2D eigenvalue weighted by molar-refractivity contribution is -0.156. The second kappa shape index (κ2) is 43.2. The van der Waals surface area contributed by atoms with Gasteiger partial charge in [-0.25, -0.2) is 28.7 Å². The van der Waals surface area contributed by atoms with Crippen LogP contribution in [0.2, 0.25) is 5.02 Å². The number of carbonyl (C=O) groups excluding carboxylic acids is 7. The van der Waals surface area contributed by atoms with Crippen LogP contribution in [-0.2, 0) is 72.5 Å². The van der Waals surface area contributed by atoms with Crippen LogP contribution in [0.5, 0.6) is 28.7 Å². The molecule has 2 atom stereocenters. The van der Waals surface area contributed by atoms with E-state index in [0.717, 1.165) is 87.5 Å². The van der Waals surface area contributed by atoms with Crippen LogP contribution in [0.4, 0.5) is 8.78 Å². The van der Waals surface area contributed by atoms with Gasteiger partial charge in [-0.1, -0.05) is 54.1 Å². The molecule has 2 aliphatic heterocycles. The summed E-state index contributed by atoms with van der Waals surface area (Å²) < 4.78 is 67.5. The number of ether oxygens (including phenoxy) is 6. The Labute approximate surface area is 769 Å². The molecule has 1 saturated heterocycles. The second-order valence-corrected chi connectivity index (χ2v) is 34.6. The smallest absolute Gasteiger partial charge is 0.326 e. The van der Waals surface area contributed by atoms with Crippen molar-refractivity contribution in [3.63, 3.8) is 0 Å². The van der Waals surface area contributed by atoms with Gasteiger partial charge in [0.1, 0.15) is 83.2 Å². The van der Waals surface area contributed by atoms with Gasteiger partial charge in [-0.15, -0.1) is 12.4 Å². The molecule has 1 fully saturated rings. The van der Waals surface area contributed by atoms with Gasteiger partial charge in [0.05, 0.1) is 71.0 Å². The molecule has 127 heavy (non-hydrogen) atoms. The van der Waals surface area contributed by atoms with E-state index in [9.17, 15) is 52.2 Å². The summed E-state index contributed by atoms with van der Waals surface area (Å²) in [5.74, 6) is 1.54. The maximum absolute atomic E-state index is 14.8. The highest BCUT2D eigenvalue weighted by atomic mass is 79.9. The number of ketones is 5. The van der Waals surface area contributed by atoms with Crippen molar-refractivity contribution < 1.29 is 85.8 Å². The van der Waals surface area contributed by atoms with Crippen LogP contribution in [0.25, 0.3) is 71.7 Å². The number of allylic oxidation sites excluding steroid dienone is 2. The molecule has 0 radical (unpaired) electrons. The number of aliphatic imine (C=N–C) groups is 1. The molecule has 3 aliphatic rings. The monoisotopic (exact) mass is 1960 g/mol. The molecule has 5 aromatic heterocycles. The molecule has 1 aliphatic carbocycles. The number of esters is 2. The largest absolute Gasteiger partial charge is 0.507 e. The summed E-state index contributed by atoms with van der Waals surface area (Å²) in [4.78, 5) is 116. The fourth-order valence-corrected chi connectivity index (χ4v) is 15.9. The number of carboxylic acids is 1. The van der Waals surface area contributed by atoms with Gasteiger partial charge in [-0.2, -0.15) is 0 Å². The van der Waals surface area contributed by atoms with Crippen molar-refractivity contribution in [1.82, 2.24) is 39.0 Å². The molecule has 15 rings (SSSR count). The van der Waals surface area contributed by atoms with Crippen LogP contribution in [0.15, 0.2) is 171 Å². The summed E-state index contributed by atoms with van der Waals surface area (Å²) in [5, 5.41) is 24.7. The quantitative estimate of drug-likeness (QED) is 0.0471. The molecule has 12 aromatic rings. The maximum atomic E-state index is 14.8. The Morgan fingerprint density at radius 3 is 1.50 bits per heavy atom. The summed E-state index contributed by atoms with van der Waals surface area (Å²) in [6.45, 7) is 21.2. The van der Waals surface area contributed by atoms with Gasteiger partial charge in [-0.05, 0) is 214 Å². The zero-order valence-corrected chi connectivity index (χ0v) is 79.0. The molecule has 0 saturated carbocycles. The molecule has 7 aromatic carbocycles. The van der Waals surface area contributed by atoms with Gasteiger partial charge in [-0.3, -0.25) is 43.3 Å². The first-order chi connectivity index (χ1) is 59.6. The molecular weight excluding hydrogens is 1870 g/mol. The van der Waals surface area contributed by atoms with Gasteiger partial charge in [0.15, 0.2) is 28.9 Å². The molecule has 7 heterocycles. The van der Waals surface area contributed by atoms with Crippen LogP contribution in [0.3, 0.4) is 0 Å². The van der Waals surface area contributed by atoms with E-state index in [1.807, 2.05) is 103 Å². The normalized spacial score (nSPS) is 13.4. The number of aliphatic carboxylic acids is 1. The highest BCUT2D eigenvalue weighted by Gasteiger charge is 2.31. The molecule has 0 bridgehead atoms. The number of alkyl halides is 1. The Morgan fingerprint density at radius 1 is 0.551 bits per heavy atom. The van der Waals surface area contributed by atoms with E-state index < -0.39 is 35.2 Å². The van der Waals surface area contributed by atoms with Gasteiger partial charge >= 0.3 is 17.9 Å². The van der Waals surface area contributed by atoms with Gasteiger partial charge in [0.25, 0.3) is 0 Å². The first-order valence-electron chi connectivity index (χ1n) is 39.6. The lowest BCUT2D eigenvalue weighted by Gasteiger charge is -2.20. The second-order valence-electron chi connectivity index (χ2n) is 31.6. The third-order valence-electron chi connectivity index (χ3n) is 20.0. The summed E-state index contributed by atoms with van der Waals surface area (Å²) in [5.41, 5.74) is 11.6. The highest BCUT2D eigenvalue weighted by Crippen LogP contribution is 2.41. The van der Waals surface area contributed by atoms with Crippen molar-refractivity contribution >= 4 is 163 Å². The molecule has 0 spiro atoms. The Morgan fingerprint density at radius 2 is 1.01 bits per heavy atom. The number of aromatic nitrogens is 7. The van der Waals surface area contributed by atoms with E-state index in [4.69, 9.17) is 45.1 Å². The van der Waals surface area contributed by atoms with Crippen molar-refractivity contribution in [2.24, 2.45) is 4.99 Å². The minimum Gasteiger partial charge on any atom is -0.507 e. The first kappa shape index (κ1) is 99.1. The third kappa shape index (κ3) is 25.2. The number of carboxylic acid groups (broad SMARTS) is 1. The average molecular weight is 1970 g/mol. The zero-order valence-electron chi connectivity index (χ0n) is 72.7. The van der Waals surface area contributed by atoms with Crippen LogP contribution >= 0.6 is 71.8 Å². The number of hydrogen-bond acceptors (Lipinski definition) is 21. The molecule has 0 amide bonds. The van der Waals surface area contributed by atoms with Crippen molar-refractivity contribution in [1.29, 1.82) is 0 Å². The lowest BCUT2D eigenvalue weighted by atomic mass is 9.97.